The third kappa shape index (κ3) is 5.03. The lowest BCUT2D eigenvalue weighted by atomic mass is 10.2. The summed E-state index contributed by atoms with van der Waals surface area (Å²) in [7, 11) is 3.11. The van der Waals surface area contributed by atoms with Crippen LogP contribution in [0.15, 0.2) is 39.9 Å². The molecule has 9 nitrogen and oxygen atoms in total. The summed E-state index contributed by atoms with van der Waals surface area (Å²) in [5.74, 6) is 0.576. The Bertz CT molecular complexity index is 870. The van der Waals surface area contributed by atoms with E-state index in [-0.39, 0.29) is 16.9 Å². The van der Waals surface area contributed by atoms with Crippen LogP contribution in [-0.4, -0.2) is 33.8 Å². The van der Waals surface area contributed by atoms with E-state index in [4.69, 9.17) is 4.74 Å². The van der Waals surface area contributed by atoms with Crippen molar-refractivity contribution in [3.8, 4) is 5.75 Å². The number of nitro benzene ring substituents is 1. The first-order chi connectivity index (χ1) is 12.4. The number of nitrogens with zero attached hydrogens (tertiary/aromatic N) is 3. The van der Waals surface area contributed by atoms with Gasteiger partial charge in [-0.25, -0.2) is 4.79 Å². The number of hydrogen-bond donors (Lipinski definition) is 1. The first-order valence-electron chi connectivity index (χ1n) is 8.24. The summed E-state index contributed by atoms with van der Waals surface area (Å²) < 4.78 is 8.06. The monoisotopic (exact) mass is 362 g/mol. The van der Waals surface area contributed by atoms with Crippen LogP contribution in [0.2, 0.25) is 0 Å². The van der Waals surface area contributed by atoms with E-state index in [1.807, 2.05) is 0 Å². The SMILES string of the molecule is Cn1c(CCCNCCOc2ccc([N+](=O)[O-])cc2)cc(=O)n(C)c1=O. The van der Waals surface area contributed by atoms with E-state index < -0.39 is 4.92 Å². The fourth-order valence-corrected chi connectivity index (χ4v) is 2.44. The number of benzene rings is 1. The number of aryl methyl sites for hydroxylation is 1. The van der Waals surface area contributed by atoms with Crippen molar-refractivity contribution in [1.82, 2.24) is 14.5 Å². The van der Waals surface area contributed by atoms with E-state index >= 15 is 0 Å². The van der Waals surface area contributed by atoms with E-state index in [1.54, 1.807) is 19.2 Å². The van der Waals surface area contributed by atoms with Crippen LogP contribution >= 0.6 is 0 Å². The molecule has 0 radical (unpaired) electrons. The van der Waals surface area contributed by atoms with Crippen LogP contribution in [0, 0.1) is 10.1 Å². The number of aromatic nitrogens is 2. The zero-order chi connectivity index (χ0) is 19.1. The molecule has 1 N–H and O–H groups in total. The molecule has 0 aliphatic carbocycles. The minimum Gasteiger partial charge on any atom is -0.492 e. The lowest BCUT2D eigenvalue weighted by Gasteiger charge is -2.10. The standard InChI is InChI=1S/C17H22N4O5/c1-19-14(12-16(22)20(2)17(19)23)4-3-9-18-10-11-26-15-7-5-13(6-8-15)21(24)25/h5-8,12,18H,3-4,9-11H2,1-2H3. The van der Waals surface area contributed by atoms with Crippen molar-refractivity contribution in [2.45, 2.75) is 12.8 Å². The molecule has 1 aromatic carbocycles. The molecule has 0 amide bonds. The molecule has 2 aromatic rings. The summed E-state index contributed by atoms with van der Waals surface area (Å²) in [5, 5.41) is 13.8. The van der Waals surface area contributed by atoms with Crippen molar-refractivity contribution in [3.63, 3.8) is 0 Å². The van der Waals surface area contributed by atoms with Gasteiger partial charge in [-0.05, 0) is 31.5 Å². The third-order valence-corrected chi connectivity index (χ3v) is 4.01. The third-order valence-electron chi connectivity index (χ3n) is 4.01. The van der Waals surface area contributed by atoms with Gasteiger partial charge in [0.25, 0.3) is 11.2 Å². The molecule has 0 unspecified atom stereocenters. The molecule has 0 atom stereocenters. The molecule has 0 aliphatic rings. The van der Waals surface area contributed by atoms with E-state index in [9.17, 15) is 19.7 Å². The minimum absolute atomic E-state index is 0.0283. The van der Waals surface area contributed by atoms with Crippen LogP contribution in [0.3, 0.4) is 0 Å². The summed E-state index contributed by atoms with van der Waals surface area (Å²) >= 11 is 0. The number of nitrogens with one attached hydrogen (secondary N) is 1. The van der Waals surface area contributed by atoms with E-state index in [1.165, 1.54) is 29.8 Å². The number of ether oxygens (including phenoxy) is 1. The second-order valence-corrected chi connectivity index (χ2v) is 5.83. The summed E-state index contributed by atoms with van der Waals surface area (Å²) in [5.41, 5.74) is 0.118. The topological polar surface area (TPSA) is 108 Å². The second-order valence-electron chi connectivity index (χ2n) is 5.83. The Morgan fingerprint density at radius 1 is 1.12 bits per heavy atom. The van der Waals surface area contributed by atoms with Crippen LogP contribution < -0.4 is 21.3 Å². The van der Waals surface area contributed by atoms with Gasteiger partial charge in [-0.15, -0.1) is 0 Å². The van der Waals surface area contributed by atoms with Gasteiger partial charge >= 0.3 is 5.69 Å². The molecule has 1 aromatic heterocycles. The smallest absolute Gasteiger partial charge is 0.330 e. The predicted octanol–water partition coefficient (Wildman–Crippen LogP) is 0.593. The number of rotatable bonds is 9. The molecule has 0 spiro atoms. The quantitative estimate of drug-likeness (QED) is 0.397. The number of hydrogen-bond acceptors (Lipinski definition) is 6. The highest BCUT2D eigenvalue weighted by molar-refractivity contribution is 5.35. The number of nitro groups is 1. The highest BCUT2D eigenvalue weighted by Gasteiger charge is 2.06. The van der Waals surface area contributed by atoms with Crippen molar-refractivity contribution in [2.24, 2.45) is 14.1 Å². The Hall–Kier alpha value is -2.94. The Kier molecular flexibility index (Phi) is 6.67. The normalized spacial score (nSPS) is 10.7. The molecule has 0 bridgehead atoms. The van der Waals surface area contributed by atoms with Gasteiger partial charge in [0, 0.05) is 44.5 Å². The van der Waals surface area contributed by atoms with E-state index in [2.05, 4.69) is 5.32 Å². The van der Waals surface area contributed by atoms with Gasteiger partial charge in [-0.3, -0.25) is 19.5 Å². The van der Waals surface area contributed by atoms with Crippen LogP contribution in [0.25, 0.3) is 0 Å². The molecular formula is C17H22N4O5. The molecule has 0 fully saturated rings. The zero-order valence-corrected chi connectivity index (χ0v) is 14.8. The van der Waals surface area contributed by atoms with Crippen molar-refractivity contribution in [2.75, 3.05) is 19.7 Å². The summed E-state index contributed by atoms with van der Waals surface area (Å²) in [4.78, 5) is 33.6. The maximum Gasteiger partial charge on any atom is 0.330 e. The van der Waals surface area contributed by atoms with Gasteiger partial charge in [-0.1, -0.05) is 0 Å². The van der Waals surface area contributed by atoms with Crippen molar-refractivity contribution in [3.05, 3.63) is 67.0 Å². The largest absolute Gasteiger partial charge is 0.492 e. The van der Waals surface area contributed by atoms with E-state index in [0.29, 0.717) is 37.6 Å². The van der Waals surface area contributed by atoms with Crippen LogP contribution in [0.1, 0.15) is 12.1 Å². The predicted molar refractivity (Wildman–Crippen MR) is 96.7 cm³/mol. The molecular weight excluding hydrogens is 340 g/mol. The van der Waals surface area contributed by atoms with Crippen LogP contribution in [0.4, 0.5) is 5.69 Å². The van der Waals surface area contributed by atoms with Gasteiger partial charge in [0.1, 0.15) is 12.4 Å². The van der Waals surface area contributed by atoms with Gasteiger partial charge in [0.05, 0.1) is 4.92 Å². The first-order valence-corrected chi connectivity index (χ1v) is 8.24. The Morgan fingerprint density at radius 3 is 2.46 bits per heavy atom. The average molecular weight is 362 g/mol. The fourth-order valence-electron chi connectivity index (χ4n) is 2.44. The fraction of sp³-hybridized carbons (Fsp3) is 0.412. The zero-order valence-electron chi connectivity index (χ0n) is 14.8. The molecule has 140 valence electrons. The Labute approximate surface area is 150 Å². The Morgan fingerprint density at radius 2 is 1.81 bits per heavy atom. The molecule has 0 saturated heterocycles. The van der Waals surface area contributed by atoms with Crippen LogP contribution in [0.5, 0.6) is 5.75 Å². The van der Waals surface area contributed by atoms with Crippen LogP contribution in [-0.2, 0) is 20.5 Å². The highest BCUT2D eigenvalue weighted by atomic mass is 16.6. The van der Waals surface area contributed by atoms with Gasteiger partial charge in [0.2, 0.25) is 0 Å². The summed E-state index contributed by atoms with van der Waals surface area (Å²) in [6.07, 6.45) is 1.40. The molecule has 0 saturated carbocycles. The molecule has 9 heteroatoms. The lowest BCUT2D eigenvalue weighted by Crippen LogP contribution is -2.38. The highest BCUT2D eigenvalue weighted by Crippen LogP contribution is 2.16. The van der Waals surface area contributed by atoms with E-state index in [0.717, 1.165) is 11.0 Å². The van der Waals surface area contributed by atoms with Gasteiger partial charge < -0.3 is 14.6 Å². The summed E-state index contributed by atoms with van der Waals surface area (Å²) in [6.45, 7) is 1.77. The van der Waals surface area contributed by atoms with Gasteiger partial charge in [0.15, 0.2) is 0 Å². The maximum absolute atomic E-state index is 11.8. The first kappa shape index (κ1) is 19.4. The molecule has 0 aliphatic heterocycles. The minimum atomic E-state index is -0.455. The van der Waals surface area contributed by atoms with Crippen molar-refractivity contribution >= 4 is 5.69 Å². The molecule has 2 rings (SSSR count). The maximum atomic E-state index is 11.8. The van der Waals surface area contributed by atoms with Crippen molar-refractivity contribution < 1.29 is 9.66 Å². The van der Waals surface area contributed by atoms with Gasteiger partial charge in [-0.2, -0.15) is 0 Å². The molecule has 1 heterocycles. The molecule has 26 heavy (non-hydrogen) atoms. The summed E-state index contributed by atoms with van der Waals surface area (Å²) in [6, 6.07) is 7.41. The average Bonchev–Trinajstić information content (AvgIpc) is 2.63. The lowest BCUT2D eigenvalue weighted by molar-refractivity contribution is -0.384. The van der Waals surface area contributed by atoms with Crippen molar-refractivity contribution in [1.29, 1.82) is 0 Å². The number of non-ortho nitro benzene ring substituents is 1. The Balaban J connectivity index is 1.68. The second kappa shape index (κ2) is 8.95.